The van der Waals surface area contributed by atoms with E-state index in [4.69, 9.17) is 5.11 Å². The predicted molar refractivity (Wildman–Crippen MR) is 94.6 cm³/mol. The van der Waals surface area contributed by atoms with Gasteiger partial charge in [-0.3, -0.25) is 9.59 Å². The highest BCUT2D eigenvalue weighted by molar-refractivity contribution is 7.99. The molecule has 1 fully saturated rings. The first-order valence-corrected chi connectivity index (χ1v) is 9.49. The first-order valence-electron chi connectivity index (χ1n) is 7.45. The average molecular weight is 377 g/mol. The number of benzene rings is 1. The second-order valence-corrected chi connectivity index (χ2v) is 7.25. The molecule has 1 aromatic heterocycles. The third kappa shape index (κ3) is 3.99. The van der Waals surface area contributed by atoms with Gasteiger partial charge in [-0.1, -0.05) is 18.2 Å². The van der Waals surface area contributed by atoms with Crippen molar-refractivity contribution in [3.8, 4) is 0 Å². The average Bonchev–Trinajstić information content (AvgIpc) is 3.29. The van der Waals surface area contributed by atoms with Crippen molar-refractivity contribution in [1.82, 2.24) is 15.2 Å². The largest absolute Gasteiger partial charge is 0.476 e. The smallest absolute Gasteiger partial charge is 0.355 e. The lowest BCUT2D eigenvalue weighted by Crippen LogP contribution is -2.47. The van der Waals surface area contributed by atoms with Crippen LogP contribution in [0.4, 0.5) is 0 Å². The zero-order valence-corrected chi connectivity index (χ0v) is 14.7. The summed E-state index contributed by atoms with van der Waals surface area (Å²) in [5, 5.41) is 13.5. The van der Waals surface area contributed by atoms with Crippen LogP contribution in [-0.2, 0) is 11.3 Å². The van der Waals surface area contributed by atoms with Gasteiger partial charge >= 0.3 is 5.97 Å². The fourth-order valence-corrected chi connectivity index (χ4v) is 4.24. The molecular weight excluding hydrogens is 362 g/mol. The van der Waals surface area contributed by atoms with E-state index in [0.29, 0.717) is 22.2 Å². The molecule has 0 aliphatic carbocycles. The number of nitrogens with one attached hydrogen (secondary N) is 1. The Balaban J connectivity index is 1.62. The van der Waals surface area contributed by atoms with Crippen molar-refractivity contribution in [2.75, 3.05) is 11.6 Å². The molecule has 7 nitrogen and oxygen atoms in total. The summed E-state index contributed by atoms with van der Waals surface area (Å²) < 4.78 is 0. The van der Waals surface area contributed by atoms with Crippen molar-refractivity contribution in [1.29, 1.82) is 0 Å². The molecule has 9 heteroatoms. The number of hydrogen-bond donors (Lipinski definition) is 2. The van der Waals surface area contributed by atoms with Crippen LogP contribution in [0.1, 0.15) is 25.9 Å². The van der Waals surface area contributed by atoms with Crippen molar-refractivity contribution >= 4 is 40.9 Å². The molecule has 25 heavy (non-hydrogen) atoms. The summed E-state index contributed by atoms with van der Waals surface area (Å²) in [7, 11) is 0. The monoisotopic (exact) mass is 377 g/mol. The van der Waals surface area contributed by atoms with Crippen molar-refractivity contribution in [2.45, 2.75) is 12.6 Å². The minimum Gasteiger partial charge on any atom is -0.476 e. The van der Waals surface area contributed by atoms with E-state index in [1.54, 1.807) is 29.2 Å². The summed E-state index contributed by atoms with van der Waals surface area (Å²) in [5.74, 6) is -0.537. The molecule has 2 amide bonds. The van der Waals surface area contributed by atoms with E-state index >= 15 is 0 Å². The number of rotatable bonds is 5. The Labute approximate surface area is 152 Å². The van der Waals surface area contributed by atoms with Crippen molar-refractivity contribution in [2.24, 2.45) is 0 Å². The lowest BCUT2D eigenvalue weighted by atomic mass is 10.1. The van der Waals surface area contributed by atoms with Crippen LogP contribution in [0.2, 0.25) is 0 Å². The Bertz CT molecular complexity index is 794. The van der Waals surface area contributed by atoms with Crippen LogP contribution < -0.4 is 5.32 Å². The lowest BCUT2D eigenvalue weighted by molar-refractivity contribution is -0.124. The highest BCUT2D eigenvalue weighted by Crippen LogP contribution is 2.23. The number of carboxylic acids is 1. The van der Waals surface area contributed by atoms with E-state index in [-0.39, 0.29) is 24.1 Å². The Morgan fingerprint density at radius 2 is 2.04 bits per heavy atom. The highest BCUT2D eigenvalue weighted by Gasteiger charge is 2.35. The van der Waals surface area contributed by atoms with E-state index in [9.17, 15) is 14.4 Å². The maximum Gasteiger partial charge on any atom is 0.355 e. The summed E-state index contributed by atoms with van der Waals surface area (Å²) in [6.45, 7) is 0.144. The lowest BCUT2D eigenvalue weighted by Gasteiger charge is -2.23. The number of amides is 2. The Morgan fingerprint density at radius 1 is 1.28 bits per heavy atom. The van der Waals surface area contributed by atoms with Gasteiger partial charge in [0.15, 0.2) is 5.69 Å². The van der Waals surface area contributed by atoms with Crippen LogP contribution in [0, 0.1) is 0 Å². The van der Waals surface area contributed by atoms with Crippen molar-refractivity contribution in [3.63, 3.8) is 0 Å². The Morgan fingerprint density at radius 3 is 2.72 bits per heavy atom. The molecule has 0 bridgehead atoms. The molecule has 1 aliphatic heterocycles. The van der Waals surface area contributed by atoms with Gasteiger partial charge in [-0.05, 0) is 12.1 Å². The first kappa shape index (κ1) is 17.4. The van der Waals surface area contributed by atoms with Gasteiger partial charge in [0.25, 0.3) is 5.91 Å². The second-order valence-electron chi connectivity index (χ2n) is 5.31. The molecule has 1 saturated heterocycles. The molecular formula is C16H15N3O4S2. The van der Waals surface area contributed by atoms with E-state index in [1.165, 1.54) is 28.5 Å². The number of thiazole rings is 1. The first-order chi connectivity index (χ1) is 12.1. The van der Waals surface area contributed by atoms with Crippen LogP contribution in [0.3, 0.4) is 0 Å². The molecule has 130 valence electrons. The number of aromatic nitrogens is 1. The summed E-state index contributed by atoms with van der Waals surface area (Å²) in [6.07, 6.45) is 0. The molecule has 1 aliphatic rings. The number of thioether (sulfide) groups is 1. The number of carbonyl (C=O) groups is 3. The number of carboxylic acid groups (broad SMARTS) is 1. The van der Waals surface area contributed by atoms with Gasteiger partial charge in [0, 0.05) is 16.7 Å². The highest BCUT2D eigenvalue weighted by atomic mass is 32.2. The zero-order chi connectivity index (χ0) is 17.8. The molecule has 0 radical (unpaired) electrons. The van der Waals surface area contributed by atoms with E-state index in [0.717, 1.165) is 0 Å². The van der Waals surface area contributed by atoms with Gasteiger partial charge in [-0.2, -0.15) is 0 Å². The molecule has 0 spiro atoms. The number of nitrogens with zero attached hydrogens (tertiary/aromatic N) is 2. The number of aromatic carboxylic acids is 1. The quantitative estimate of drug-likeness (QED) is 0.822. The van der Waals surface area contributed by atoms with E-state index < -0.39 is 12.0 Å². The maximum atomic E-state index is 12.6. The fraction of sp³-hybridized carbons (Fsp3) is 0.250. The van der Waals surface area contributed by atoms with Gasteiger partial charge in [-0.25, -0.2) is 9.78 Å². The zero-order valence-electron chi connectivity index (χ0n) is 13.0. The molecule has 1 unspecified atom stereocenters. The summed E-state index contributed by atoms with van der Waals surface area (Å²) in [4.78, 5) is 41.3. The molecule has 2 aromatic rings. The predicted octanol–water partition coefficient (Wildman–Crippen LogP) is 1.67. The third-order valence-electron chi connectivity index (χ3n) is 3.65. The third-order valence-corrected chi connectivity index (χ3v) is 5.51. The van der Waals surface area contributed by atoms with E-state index in [2.05, 4.69) is 10.3 Å². The molecule has 1 atom stereocenters. The topological polar surface area (TPSA) is 99.6 Å². The fourth-order valence-electron chi connectivity index (χ4n) is 2.38. The maximum absolute atomic E-state index is 12.6. The number of carbonyl (C=O) groups excluding carboxylic acids is 2. The summed E-state index contributed by atoms with van der Waals surface area (Å²) in [5.41, 5.74) is 0.514. The second kappa shape index (κ2) is 7.66. The van der Waals surface area contributed by atoms with Gasteiger partial charge in [-0.15, -0.1) is 23.1 Å². The molecule has 2 N–H and O–H groups in total. The van der Waals surface area contributed by atoms with Gasteiger partial charge < -0.3 is 15.3 Å². The molecule has 2 heterocycles. The van der Waals surface area contributed by atoms with Gasteiger partial charge in [0.2, 0.25) is 5.91 Å². The Hall–Kier alpha value is -2.39. The summed E-state index contributed by atoms with van der Waals surface area (Å²) >= 11 is 2.70. The standard InChI is InChI=1S/C16H15N3O4S2/c20-14(17-6-13-18-11(7-25-13)16(22)23)12-8-24-9-19(12)15(21)10-4-2-1-3-5-10/h1-5,7,12H,6,8-9H2,(H,17,20)(H,22,23). The van der Waals surface area contributed by atoms with Crippen LogP contribution in [-0.4, -0.2) is 50.4 Å². The number of hydrogen-bond acceptors (Lipinski definition) is 6. The molecule has 0 saturated carbocycles. The van der Waals surface area contributed by atoms with Crippen LogP contribution >= 0.6 is 23.1 Å². The van der Waals surface area contributed by atoms with Crippen molar-refractivity contribution < 1.29 is 19.5 Å². The van der Waals surface area contributed by atoms with Crippen molar-refractivity contribution in [3.05, 3.63) is 52.0 Å². The molecule has 3 rings (SSSR count). The minimum atomic E-state index is -1.10. The summed E-state index contributed by atoms with van der Waals surface area (Å²) in [6, 6.07) is 8.31. The van der Waals surface area contributed by atoms with Crippen LogP contribution in [0.25, 0.3) is 0 Å². The van der Waals surface area contributed by atoms with Crippen LogP contribution in [0.5, 0.6) is 0 Å². The minimum absolute atomic E-state index is 0.0356. The van der Waals surface area contributed by atoms with Gasteiger partial charge in [0.05, 0.1) is 12.4 Å². The van der Waals surface area contributed by atoms with E-state index in [1.807, 2.05) is 6.07 Å². The van der Waals surface area contributed by atoms with Gasteiger partial charge in [0.1, 0.15) is 11.0 Å². The SMILES string of the molecule is O=C(O)c1csc(CNC(=O)C2CSCN2C(=O)c2ccccc2)n1. The van der Waals surface area contributed by atoms with Crippen LogP contribution in [0.15, 0.2) is 35.7 Å². The molecule has 1 aromatic carbocycles. The normalized spacial score (nSPS) is 16.6. The Kier molecular flexibility index (Phi) is 5.34.